The fourth-order valence-corrected chi connectivity index (χ4v) is 2.35. The highest BCUT2D eigenvalue weighted by molar-refractivity contribution is 5.98. The van der Waals surface area contributed by atoms with Crippen molar-refractivity contribution in [2.75, 3.05) is 0 Å². The lowest BCUT2D eigenvalue weighted by Crippen LogP contribution is -2.42. The van der Waals surface area contributed by atoms with Crippen LogP contribution in [0, 0.1) is 0 Å². The van der Waals surface area contributed by atoms with E-state index >= 15 is 0 Å². The summed E-state index contributed by atoms with van der Waals surface area (Å²) in [7, 11) is 0. The second-order valence-electron chi connectivity index (χ2n) is 5.88. The number of rotatable bonds is 2. The Morgan fingerprint density at radius 1 is 1.39 bits per heavy atom. The van der Waals surface area contributed by atoms with E-state index < -0.39 is 0 Å². The van der Waals surface area contributed by atoms with E-state index in [1.807, 2.05) is 37.6 Å². The highest BCUT2D eigenvalue weighted by Crippen LogP contribution is 2.22. The molecule has 1 N–H and O–H groups in total. The van der Waals surface area contributed by atoms with Crippen molar-refractivity contribution >= 4 is 11.7 Å². The van der Waals surface area contributed by atoms with Crippen LogP contribution in [0.5, 0.6) is 0 Å². The van der Waals surface area contributed by atoms with Crippen molar-refractivity contribution in [3.05, 3.63) is 23.5 Å². The van der Waals surface area contributed by atoms with Crippen LogP contribution in [-0.4, -0.2) is 21.8 Å². The Bertz CT molecular complexity index is 480. The Balaban J connectivity index is 2.11. The van der Waals surface area contributed by atoms with Gasteiger partial charge in [-0.1, -0.05) is 0 Å². The Morgan fingerprint density at radius 3 is 2.78 bits per heavy atom. The van der Waals surface area contributed by atoms with Crippen molar-refractivity contribution in [2.45, 2.75) is 52.1 Å². The predicted octanol–water partition coefficient (Wildman–Crippen LogP) is 1.92. The van der Waals surface area contributed by atoms with E-state index in [1.54, 1.807) is 0 Å². The molecule has 0 fully saturated rings. The molecule has 1 aliphatic rings. The molecule has 1 aromatic rings. The average Bonchev–Trinajstić information content (AvgIpc) is 2.60. The zero-order valence-electron chi connectivity index (χ0n) is 11.2. The van der Waals surface area contributed by atoms with Gasteiger partial charge in [0, 0.05) is 29.4 Å². The maximum Gasteiger partial charge on any atom is 0.240 e. The number of nitrogens with one attached hydrogen (secondary N) is 1. The lowest BCUT2D eigenvalue weighted by molar-refractivity contribution is -0.123. The van der Waals surface area contributed by atoms with Crippen LogP contribution in [0.4, 0.5) is 0 Å². The molecule has 0 aromatic carbocycles. The van der Waals surface area contributed by atoms with Crippen molar-refractivity contribution in [3.63, 3.8) is 0 Å². The predicted molar refractivity (Wildman–Crippen MR) is 69.6 cm³/mol. The number of amides is 1. The molecule has 98 valence electrons. The SMILES string of the molecule is CC(C)(C)NC(=O)Cn1ccc2c1CCCC2=O. The van der Waals surface area contributed by atoms with E-state index in [2.05, 4.69) is 5.32 Å². The number of hydrogen-bond acceptors (Lipinski definition) is 2. The lowest BCUT2D eigenvalue weighted by atomic mass is 9.97. The topological polar surface area (TPSA) is 51.1 Å². The highest BCUT2D eigenvalue weighted by atomic mass is 16.2. The third kappa shape index (κ3) is 2.81. The van der Waals surface area contributed by atoms with Crippen LogP contribution in [0.25, 0.3) is 0 Å². The fourth-order valence-electron chi connectivity index (χ4n) is 2.35. The Hall–Kier alpha value is -1.58. The Kier molecular flexibility index (Phi) is 3.28. The zero-order valence-corrected chi connectivity index (χ0v) is 11.2. The highest BCUT2D eigenvalue weighted by Gasteiger charge is 2.22. The molecule has 4 heteroatoms. The smallest absolute Gasteiger partial charge is 0.240 e. The van der Waals surface area contributed by atoms with Crippen LogP contribution in [0.1, 0.15) is 49.7 Å². The minimum atomic E-state index is -0.222. The largest absolute Gasteiger partial charge is 0.350 e. The normalized spacial score (nSPS) is 15.4. The molecule has 4 nitrogen and oxygen atoms in total. The first kappa shape index (κ1) is 12.9. The van der Waals surface area contributed by atoms with Gasteiger partial charge in [-0.05, 0) is 39.7 Å². The van der Waals surface area contributed by atoms with E-state index in [4.69, 9.17) is 0 Å². The van der Waals surface area contributed by atoms with Crippen LogP contribution in [0.3, 0.4) is 0 Å². The molecule has 0 radical (unpaired) electrons. The molecule has 1 aromatic heterocycles. The number of Topliss-reactive ketones (excluding diaryl/α,β-unsaturated/α-hetero) is 1. The maximum atomic E-state index is 11.9. The molecule has 0 saturated heterocycles. The van der Waals surface area contributed by atoms with Crippen LogP contribution in [-0.2, 0) is 17.8 Å². The quantitative estimate of drug-likeness (QED) is 0.869. The summed E-state index contributed by atoms with van der Waals surface area (Å²) in [6, 6.07) is 1.83. The van der Waals surface area contributed by atoms with Gasteiger partial charge >= 0.3 is 0 Å². The Labute approximate surface area is 107 Å². The average molecular weight is 248 g/mol. The van der Waals surface area contributed by atoms with Gasteiger partial charge in [-0.2, -0.15) is 0 Å². The fraction of sp³-hybridized carbons (Fsp3) is 0.571. The summed E-state index contributed by atoms with van der Waals surface area (Å²) in [6.07, 6.45) is 4.24. The molecule has 1 aliphatic carbocycles. The number of fused-ring (bicyclic) bond motifs is 1. The minimum absolute atomic E-state index is 0.0149. The summed E-state index contributed by atoms with van der Waals surface area (Å²) in [5.41, 5.74) is 1.58. The molecule has 2 rings (SSSR count). The van der Waals surface area contributed by atoms with E-state index in [0.717, 1.165) is 24.1 Å². The monoisotopic (exact) mass is 248 g/mol. The van der Waals surface area contributed by atoms with Crippen molar-refractivity contribution in [2.24, 2.45) is 0 Å². The van der Waals surface area contributed by atoms with Crippen LogP contribution in [0.15, 0.2) is 12.3 Å². The van der Waals surface area contributed by atoms with Gasteiger partial charge < -0.3 is 9.88 Å². The van der Waals surface area contributed by atoms with Crippen molar-refractivity contribution in [1.82, 2.24) is 9.88 Å². The van der Waals surface area contributed by atoms with Gasteiger partial charge in [-0.15, -0.1) is 0 Å². The van der Waals surface area contributed by atoms with Crippen LogP contribution < -0.4 is 5.32 Å². The molecule has 0 unspecified atom stereocenters. The number of aromatic nitrogens is 1. The third-order valence-electron chi connectivity index (χ3n) is 3.02. The summed E-state index contributed by atoms with van der Waals surface area (Å²) in [4.78, 5) is 23.6. The number of ketones is 1. The lowest BCUT2D eigenvalue weighted by Gasteiger charge is -2.21. The molecule has 1 amide bonds. The first-order valence-electron chi connectivity index (χ1n) is 6.39. The van der Waals surface area contributed by atoms with Gasteiger partial charge in [0.15, 0.2) is 5.78 Å². The second-order valence-corrected chi connectivity index (χ2v) is 5.88. The van der Waals surface area contributed by atoms with Crippen molar-refractivity contribution < 1.29 is 9.59 Å². The van der Waals surface area contributed by atoms with Crippen molar-refractivity contribution in [3.8, 4) is 0 Å². The standard InChI is InChI=1S/C14H20N2O2/c1-14(2,3)15-13(18)9-16-8-7-10-11(16)5-4-6-12(10)17/h7-8H,4-6,9H2,1-3H3,(H,15,18). The maximum absolute atomic E-state index is 11.9. The first-order chi connectivity index (χ1) is 8.37. The molecular formula is C14H20N2O2. The summed E-state index contributed by atoms with van der Waals surface area (Å²) < 4.78 is 1.90. The Morgan fingerprint density at radius 2 is 2.11 bits per heavy atom. The van der Waals surface area contributed by atoms with E-state index in [-0.39, 0.29) is 17.2 Å². The molecule has 0 spiro atoms. The van der Waals surface area contributed by atoms with E-state index in [9.17, 15) is 9.59 Å². The van der Waals surface area contributed by atoms with Crippen LogP contribution >= 0.6 is 0 Å². The molecule has 0 bridgehead atoms. The number of carbonyl (C=O) groups excluding carboxylic acids is 2. The molecular weight excluding hydrogens is 228 g/mol. The van der Waals surface area contributed by atoms with Gasteiger partial charge in [0.25, 0.3) is 0 Å². The van der Waals surface area contributed by atoms with Gasteiger partial charge in [0.1, 0.15) is 6.54 Å². The number of hydrogen-bond donors (Lipinski definition) is 1. The van der Waals surface area contributed by atoms with Crippen molar-refractivity contribution in [1.29, 1.82) is 0 Å². The summed E-state index contributed by atoms with van der Waals surface area (Å²) in [5, 5.41) is 2.93. The molecule has 0 atom stereocenters. The van der Waals surface area contributed by atoms with Gasteiger partial charge in [0.05, 0.1) is 0 Å². The van der Waals surface area contributed by atoms with Crippen LogP contribution in [0.2, 0.25) is 0 Å². The molecule has 0 saturated carbocycles. The van der Waals surface area contributed by atoms with Gasteiger partial charge in [-0.25, -0.2) is 0 Å². The summed E-state index contributed by atoms with van der Waals surface area (Å²) in [6.45, 7) is 6.17. The van der Waals surface area contributed by atoms with E-state index in [1.165, 1.54) is 0 Å². The molecule has 1 heterocycles. The zero-order chi connectivity index (χ0) is 13.3. The van der Waals surface area contributed by atoms with Gasteiger partial charge in [-0.3, -0.25) is 9.59 Å². The number of carbonyl (C=O) groups is 2. The number of nitrogens with zero attached hydrogens (tertiary/aromatic N) is 1. The molecule has 0 aliphatic heterocycles. The first-order valence-corrected chi connectivity index (χ1v) is 6.39. The van der Waals surface area contributed by atoms with Gasteiger partial charge in [0.2, 0.25) is 5.91 Å². The molecule has 18 heavy (non-hydrogen) atoms. The summed E-state index contributed by atoms with van der Waals surface area (Å²) >= 11 is 0. The van der Waals surface area contributed by atoms with E-state index in [0.29, 0.717) is 13.0 Å². The minimum Gasteiger partial charge on any atom is -0.350 e. The second kappa shape index (κ2) is 4.59. The third-order valence-corrected chi connectivity index (χ3v) is 3.02. The summed E-state index contributed by atoms with van der Waals surface area (Å²) in [5.74, 6) is 0.185.